The summed E-state index contributed by atoms with van der Waals surface area (Å²) in [6.45, 7) is 1.10. The number of aliphatic hydroxyl groups excluding tert-OH is 1. The highest BCUT2D eigenvalue weighted by atomic mass is 16.3. The predicted molar refractivity (Wildman–Crippen MR) is 63.5 cm³/mol. The number of anilines is 1. The maximum Gasteiger partial charge on any atom is 0.242 e. The zero-order chi connectivity index (χ0) is 12.3. The third kappa shape index (κ3) is 2.34. The van der Waals surface area contributed by atoms with Gasteiger partial charge in [-0.05, 0) is 18.6 Å². The Morgan fingerprint density at radius 1 is 1.29 bits per heavy atom. The Labute approximate surface area is 99.9 Å². The van der Waals surface area contributed by atoms with E-state index in [9.17, 15) is 9.90 Å². The van der Waals surface area contributed by atoms with Crippen molar-refractivity contribution in [1.82, 2.24) is 5.01 Å². The van der Waals surface area contributed by atoms with Crippen LogP contribution in [-0.4, -0.2) is 40.8 Å². The minimum absolute atomic E-state index is 0.0294. The van der Waals surface area contributed by atoms with Crippen molar-refractivity contribution in [1.29, 1.82) is 0 Å². The van der Waals surface area contributed by atoms with Crippen LogP contribution in [0.4, 0.5) is 5.69 Å². The SMILES string of the molecule is O=C1CCN(c2ccccc2O)N1CCCO. The van der Waals surface area contributed by atoms with Crippen LogP contribution in [0.2, 0.25) is 0 Å². The molecule has 0 radical (unpaired) electrons. The molecule has 92 valence electrons. The highest BCUT2D eigenvalue weighted by Gasteiger charge is 2.29. The van der Waals surface area contributed by atoms with Crippen molar-refractivity contribution >= 4 is 11.6 Å². The van der Waals surface area contributed by atoms with Gasteiger partial charge in [0.2, 0.25) is 5.91 Å². The van der Waals surface area contributed by atoms with Crippen LogP contribution in [0, 0.1) is 0 Å². The van der Waals surface area contributed by atoms with Crippen LogP contribution in [0.3, 0.4) is 0 Å². The third-order valence-corrected chi connectivity index (χ3v) is 2.80. The summed E-state index contributed by atoms with van der Waals surface area (Å²) in [5.74, 6) is 0.193. The molecule has 1 fully saturated rings. The minimum atomic E-state index is 0.0294. The quantitative estimate of drug-likeness (QED) is 0.809. The molecule has 1 aliphatic rings. The van der Waals surface area contributed by atoms with Gasteiger partial charge in [-0.3, -0.25) is 14.8 Å². The molecule has 1 aromatic carbocycles. The minimum Gasteiger partial charge on any atom is -0.506 e. The molecule has 1 aromatic rings. The Morgan fingerprint density at radius 2 is 2.06 bits per heavy atom. The maximum absolute atomic E-state index is 11.7. The van der Waals surface area contributed by atoms with Gasteiger partial charge in [0.05, 0.1) is 5.69 Å². The fourth-order valence-electron chi connectivity index (χ4n) is 1.98. The molecule has 0 bridgehead atoms. The molecule has 0 saturated carbocycles. The first-order valence-corrected chi connectivity index (χ1v) is 5.70. The number of amides is 1. The molecule has 1 saturated heterocycles. The van der Waals surface area contributed by atoms with E-state index in [2.05, 4.69) is 0 Å². The molecule has 2 rings (SSSR count). The van der Waals surface area contributed by atoms with Gasteiger partial charge < -0.3 is 10.2 Å². The normalized spacial score (nSPS) is 15.7. The highest BCUT2D eigenvalue weighted by Crippen LogP contribution is 2.30. The van der Waals surface area contributed by atoms with Gasteiger partial charge in [-0.1, -0.05) is 12.1 Å². The second-order valence-electron chi connectivity index (χ2n) is 3.96. The molecule has 1 aliphatic heterocycles. The summed E-state index contributed by atoms with van der Waals surface area (Å²) in [6.07, 6.45) is 0.982. The smallest absolute Gasteiger partial charge is 0.242 e. The fraction of sp³-hybridized carbons (Fsp3) is 0.417. The van der Waals surface area contributed by atoms with Crippen LogP contribution in [0.25, 0.3) is 0 Å². The number of hydrogen-bond acceptors (Lipinski definition) is 4. The Kier molecular flexibility index (Phi) is 3.49. The number of carbonyl (C=O) groups is 1. The zero-order valence-electron chi connectivity index (χ0n) is 9.54. The van der Waals surface area contributed by atoms with Crippen molar-refractivity contribution in [3.05, 3.63) is 24.3 Å². The van der Waals surface area contributed by atoms with E-state index < -0.39 is 0 Å². The summed E-state index contributed by atoms with van der Waals surface area (Å²) < 4.78 is 0. The summed E-state index contributed by atoms with van der Waals surface area (Å²) in [5.41, 5.74) is 0.635. The van der Waals surface area contributed by atoms with Gasteiger partial charge in [0.15, 0.2) is 0 Å². The molecule has 2 N–H and O–H groups in total. The average molecular weight is 236 g/mol. The van der Waals surface area contributed by atoms with E-state index in [0.29, 0.717) is 31.6 Å². The number of phenols is 1. The van der Waals surface area contributed by atoms with Crippen molar-refractivity contribution in [2.45, 2.75) is 12.8 Å². The molecule has 0 unspecified atom stereocenters. The van der Waals surface area contributed by atoms with Gasteiger partial charge in [-0.25, -0.2) is 0 Å². The van der Waals surface area contributed by atoms with Crippen LogP contribution >= 0.6 is 0 Å². The summed E-state index contributed by atoms with van der Waals surface area (Å²) in [7, 11) is 0. The number of aliphatic hydroxyl groups is 1. The number of carbonyl (C=O) groups excluding carboxylic acids is 1. The number of phenolic OH excluding ortho intramolecular Hbond substituents is 1. The number of nitrogens with zero attached hydrogens (tertiary/aromatic N) is 2. The Hall–Kier alpha value is -1.75. The fourth-order valence-corrected chi connectivity index (χ4v) is 1.98. The first-order valence-electron chi connectivity index (χ1n) is 5.70. The van der Waals surface area contributed by atoms with E-state index in [1.807, 2.05) is 6.07 Å². The molecule has 0 atom stereocenters. The van der Waals surface area contributed by atoms with E-state index >= 15 is 0 Å². The molecule has 5 heteroatoms. The van der Waals surface area contributed by atoms with Crippen molar-refractivity contribution in [2.24, 2.45) is 0 Å². The van der Waals surface area contributed by atoms with E-state index in [0.717, 1.165) is 0 Å². The molecular weight excluding hydrogens is 220 g/mol. The van der Waals surface area contributed by atoms with Gasteiger partial charge in [0.25, 0.3) is 0 Å². The first-order chi connectivity index (χ1) is 8.24. The van der Waals surface area contributed by atoms with Crippen LogP contribution in [0.1, 0.15) is 12.8 Å². The molecule has 1 amide bonds. The lowest BCUT2D eigenvalue weighted by Crippen LogP contribution is -2.40. The lowest BCUT2D eigenvalue weighted by atomic mass is 10.3. The monoisotopic (exact) mass is 236 g/mol. The first kappa shape index (κ1) is 11.7. The molecule has 0 aromatic heterocycles. The van der Waals surface area contributed by atoms with Crippen molar-refractivity contribution < 1.29 is 15.0 Å². The summed E-state index contributed by atoms with van der Waals surface area (Å²) in [4.78, 5) is 11.7. The van der Waals surface area contributed by atoms with Gasteiger partial charge in [-0.2, -0.15) is 0 Å². The topological polar surface area (TPSA) is 64.0 Å². The van der Waals surface area contributed by atoms with E-state index in [1.54, 1.807) is 28.2 Å². The van der Waals surface area contributed by atoms with Gasteiger partial charge in [0.1, 0.15) is 5.75 Å². The molecule has 0 spiro atoms. The standard InChI is InChI=1S/C12H16N2O3/c15-9-3-7-14-12(17)6-8-13(14)10-4-1-2-5-11(10)16/h1-2,4-5,15-16H,3,6-9H2. The molecule has 17 heavy (non-hydrogen) atoms. The van der Waals surface area contributed by atoms with Gasteiger partial charge >= 0.3 is 0 Å². The van der Waals surface area contributed by atoms with Gasteiger partial charge in [0, 0.05) is 26.1 Å². The largest absolute Gasteiger partial charge is 0.506 e. The predicted octanol–water partition coefficient (Wildman–Crippen LogP) is 0.728. The number of hydrazine groups is 1. The summed E-state index contributed by atoms with van der Waals surface area (Å²) in [5, 5.41) is 21.9. The van der Waals surface area contributed by atoms with Crippen LogP contribution < -0.4 is 5.01 Å². The van der Waals surface area contributed by atoms with Crippen LogP contribution in [0.5, 0.6) is 5.75 Å². The summed E-state index contributed by atoms with van der Waals surface area (Å²) >= 11 is 0. The Balaban J connectivity index is 2.19. The van der Waals surface area contributed by atoms with Gasteiger partial charge in [-0.15, -0.1) is 0 Å². The van der Waals surface area contributed by atoms with E-state index in [-0.39, 0.29) is 18.3 Å². The molecule has 0 aliphatic carbocycles. The van der Waals surface area contributed by atoms with Crippen LogP contribution in [0.15, 0.2) is 24.3 Å². The second-order valence-corrected chi connectivity index (χ2v) is 3.96. The van der Waals surface area contributed by atoms with E-state index in [4.69, 9.17) is 5.11 Å². The van der Waals surface area contributed by atoms with Crippen LogP contribution in [-0.2, 0) is 4.79 Å². The molecule has 5 nitrogen and oxygen atoms in total. The Morgan fingerprint density at radius 3 is 2.76 bits per heavy atom. The maximum atomic E-state index is 11.7. The average Bonchev–Trinajstić information content (AvgIpc) is 2.69. The van der Waals surface area contributed by atoms with Crippen molar-refractivity contribution in [3.63, 3.8) is 0 Å². The third-order valence-electron chi connectivity index (χ3n) is 2.80. The molecular formula is C12H16N2O3. The second kappa shape index (κ2) is 5.05. The number of hydrogen-bond donors (Lipinski definition) is 2. The number of para-hydroxylation sites is 2. The number of rotatable bonds is 4. The van der Waals surface area contributed by atoms with E-state index in [1.165, 1.54) is 0 Å². The number of aromatic hydroxyl groups is 1. The lowest BCUT2D eigenvalue weighted by molar-refractivity contribution is -0.128. The lowest BCUT2D eigenvalue weighted by Gasteiger charge is -2.30. The zero-order valence-corrected chi connectivity index (χ0v) is 9.54. The summed E-state index contributed by atoms with van der Waals surface area (Å²) in [6, 6.07) is 6.94. The molecule has 1 heterocycles. The highest BCUT2D eigenvalue weighted by molar-refractivity contribution is 5.82. The van der Waals surface area contributed by atoms with Crippen molar-refractivity contribution in [2.75, 3.05) is 24.7 Å². The number of benzene rings is 1. The Bertz CT molecular complexity index is 408. The van der Waals surface area contributed by atoms with Crippen molar-refractivity contribution in [3.8, 4) is 5.75 Å².